The summed E-state index contributed by atoms with van der Waals surface area (Å²) in [5, 5.41) is 10.3. The van der Waals surface area contributed by atoms with E-state index in [9.17, 15) is 18.0 Å². The van der Waals surface area contributed by atoms with Gasteiger partial charge in [-0.2, -0.15) is 13.2 Å². The molecule has 2 aromatic carbocycles. The van der Waals surface area contributed by atoms with Crippen molar-refractivity contribution in [1.82, 2.24) is 9.97 Å². The fourth-order valence-corrected chi connectivity index (χ4v) is 5.19. The third-order valence-electron chi connectivity index (χ3n) is 5.01. The normalized spacial score (nSPS) is 11.8. The van der Waals surface area contributed by atoms with Crippen LogP contribution >= 0.6 is 22.7 Å². The van der Waals surface area contributed by atoms with Crippen LogP contribution in [-0.4, -0.2) is 21.0 Å². The summed E-state index contributed by atoms with van der Waals surface area (Å²) in [5.74, 6) is -0.236. The average Bonchev–Trinajstić information content (AvgIpc) is 3.34. The Morgan fingerprint density at radius 2 is 1.79 bits per heavy atom. The van der Waals surface area contributed by atoms with Crippen LogP contribution in [0.4, 0.5) is 13.2 Å². The maximum Gasteiger partial charge on any atom is 0.416 e. The zero-order valence-electron chi connectivity index (χ0n) is 17.7. The Kier molecular flexibility index (Phi) is 6.40. The van der Waals surface area contributed by atoms with Gasteiger partial charge >= 0.3 is 12.1 Å². The van der Waals surface area contributed by atoms with Crippen LogP contribution in [0.3, 0.4) is 0 Å². The molecule has 0 atom stereocenters. The molecule has 0 amide bonds. The third kappa shape index (κ3) is 5.17. The molecule has 0 unspecified atom stereocenters. The van der Waals surface area contributed by atoms with Gasteiger partial charge in [0.2, 0.25) is 0 Å². The minimum atomic E-state index is -4.38. The van der Waals surface area contributed by atoms with E-state index in [1.54, 1.807) is 0 Å². The molecule has 1 N–H and O–H groups in total. The number of aliphatic carboxylic acids is 1. The van der Waals surface area contributed by atoms with Crippen LogP contribution in [0.15, 0.2) is 36.4 Å². The smallest absolute Gasteiger partial charge is 0.416 e. The van der Waals surface area contributed by atoms with Crippen LogP contribution in [0.2, 0.25) is 0 Å². The van der Waals surface area contributed by atoms with Gasteiger partial charge in [-0.15, -0.1) is 22.7 Å². The van der Waals surface area contributed by atoms with Crippen LogP contribution in [-0.2, 0) is 24.0 Å². The monoisotopic (exact) mass is 492 g/mol. The number of carbonyl (C=O) groups is 1. The number of hydrogen-bond donors (Lipinski definition) is 1. The Morgan fingerprint density at radius 3 is 2.45 bits per heavy atom. The number of thiazole rings is 2. The summed E-state index contributed by atoms with van der Waals surface area (Å²) in [4.78, 5) is 20.8. The number of carboxylic acids is 1. The highest BCUT2D eigenvalue weighted by molar-refractivity contribution is 7.18. The molecule has 4 aromatic rings. The minimum absolute atomic E-state index is 0.0157. The van der Waals surface area contributed by atoms with Crippen molar-refractivity contribution in [3.63, 3.8) is 0 Å². The van der Waals surface area contributed by atoms with E-state index in [1.165, 1.54) is 34.8 Å². The Morgan fingerprint density at radius 1 is 1.06 bits per heavy atom. The number of halogens is 3. The lowest BCUT2D eigenvalue weighted by Crippen LogP contribution is -2.03. The molecular formula is C23H19F3N2O3S2. The number of ether oxygens (including phenoxy) is 1. The van der Waals surface area contributed by atoms with Gasteiger partial charge in [0.1, 0.15) is 22.9 Å². The van der Waals surface area contributed by atoms with Gasteiger partial charge in [-0.3, -0.25) is 4.79 Å². The molecule has 0 aliphatic rings. The van der Waals surface area contributed by atoms with E-state index in [0.717, 1.165) is 38.0 Å². The summed E-state index contributed by atoms with van der Waals surface area (Å²) in [5.41, 5.74) is 2.27. The second-order valence-electron chi connectivity index (χ2n) is 7.45. The van der Waals surface area contributed by atoms with Gasteiger partial charge in [0.05, 0.1) is 32.3 Å². The molecule has 0 bridgehead atoms. The van der Waals surface area contributed by atoms with Gasteiger partial charge in [-0.1, -0.05) is 18.2 Å². The van der Waals surface area contributed by atoms with E-state index in [1.807, 2.05) is 26.0 Å². The number of hydrogen-bond acceptors (Lipinski definition) is 6. The summed E-state index contributed by atoms with van der Waals surface area (Å²) in [7, 11) is 0. The molecule has 5 nitrogen and oxygen atoms in total. The molecule has 0 radical (unpaired) electrons. The minimum Gasteiger partial charge on any atom is -0.485 e. The quantitative estimate of drug-likeness (QED) is 0.313. The second kappa shape index (κ2) is 9.11. The van der Waals surface area contributed by atoms with Gasteiger partial charge < -0.3 is 9.84 Å². The lowest BCUT2D eigenvalue weighted by atomic mass is 10.1. The zero-order valence-corrected chi connectivity index (χ0v) is 19.3. The van der Waals surface area contributed by atoms with E-state index in [0.29, 0.717) is 28.3 Å². The lowest BCUT2D eigenvalue weighted by Gasteiger charge is -2.09. The van der Waals surface area contributed by atoms with E-state index in [2.05, 4.69) is 9.97 Å². The van der Waals surface area contributed by atoms with Crippen LogP contribution in [0.1, 0.15) is 33.1 Å². The van der Waals surface area contributed by atoms with E-state index < -0.39 is 17.7 Å². The standard InChI is InChI=1S/C23H19F3N2O3S2/c1-12-3-8-16-20(28-18(32-16)9-10-19(29)30)21(12)31-11-17-13(2)27-22(33-17)14-4-6-15(7-5-14)23(24,25)26/h3-8H,9-11H2,1-2H3,(H,29,30). The maximum absolute atomic E-state index is 12.8. The van der Waals surface area contributed by atoms with Crippen molar-refractivity contribution in [3.8, 4) is 16.3 Å². The lowest BCUT2D eigenvalue weighted by molar-refractivity contribution is -0.138. The first-order chi connectivity index (χ1) is 15.6. The Labute approximate surface area is 195 Å². The molecule has 0 fully saturated rings. The summed E-state index contributed by atoms with van der Waals surface area (Å²) in [6.45, 7) is 3.99. The molecular weight excluding hydrogens is 473 g/mol. The number of benzene rings is 2. The number of alkyl halides is 3. The summed E-state index contributed by atoms with van der Waals surface area (Å²) < 4.78 is 45.5. The largest absolute Gasteiger partial charge is 0.485 e. The Hall–Kier alpha value is -2.98. The van der Waals surface area contributed by atoms with Crippen molar-refractivity contribution in [2.45, 2.75) is 39.5 Å². The van der Waals surface area contributed by atoms with E-state index >= 15 is 0 Å². The molecule has 2 heterocycles. The molecule has 0 saturated carbocycles. The number of nitrogens with zero attached hydrogens (tertiary/aromatic N) is 2. The third-order valence-corrected chi connectivity index (χ3v) is 7.27. The topological polar surface area (TPSA) is 72.3 Å². The van der Waals surface area contributed by atoms with Gasteiger partial charge in [0.15, 0.2) is 0 Å². The molecule has 0 saturated heterocycles. The molecule has 10 heteroatoms. The highest BCUT2D eigenvalue weighted by atomic mass is 32.1. The van der Waals surface area contributed by atoms with Crippen molar-refractivity contribution in [1.29, 1.82) is 0 Å². The molecule has 0 aliphatic heterocycles. The first kappa shape index (κ1) is 23.2. The zero-order chi connectivity index (χ0) is 23.8. The van der Waals surface area contributed by atoms with Crippen LogP contribution in [0, 0.1) is 13.8 Å². The van der Waals surface area contributed by atoms with Crippen LogP contribution in [0.25, 0.3) is 20.8 Å². The summed E-state index contributed by atoms with van der Waals surface area (Å²) >= 11 is 2.82. The van der Waals surface area contributed by atoms with Gasteiger partial charge in [0, 0.05) is 12.0 Å². The maximum atomic E-state index is 12.8. The predicted molar refractivity (Wildman–Crippen MR) is 122 cm³/mol. The number of carboxylic acid groups (broad SMARTS) is 1. The number of fused-ring (bicyclic) bond motifs is 1. The molecule has 4 rings (SSSR count). The fourth-order valence-electron chi connectivity index (χ4n) is 3.24. The number of aryl methyl sites for hydroxylation is 3. The number of aromatic nitrogens is 2. The Bertz CT molecular complexity index is 1310. The van der Waals surface area contributed by atoms with Gasteiger partial charge in [-0.25, -0.2) is 9.97 Å². The number of rotatable bonds is 7. The van der Waals surface area contributed by atoms with E-state index in [-0.39, 0.29) is 13.0 Å². The van der Waals surface area contributed by atoms with Gasteiger partial charge in [0.25, 0.3) is 0 Å². The van der Waals surface area contributed by atoms with Crippen molar-refractivity contribution in [2.24, 2.45) is 0 Å². The highest BCUT2D eigenvalue weighted by Gasteiger charge is 2.30. The van der Waals surface area contributed by atoms with E-state index in [4.69, 9.17) is 9.84 Å². The molecule has 0 aliphatic carbocycles. The van der Waals surface area contributed by atoms with Crippen molar-refractivity contribution in [3.05, 3.63) is 63.1 Å². The first-order valence-corrected chi connectivity index (χ1v) is 11.6. The molecule has 2 aromatic heterocycles. The van der Waals surface area contributed by atoms with Crippen molar-refractivity contribution >= 4 is 38.9 Å². The fraction of sp³-hybridized carbons (Fsp3) is 0.261. The van der Waals surface area contributed by atoms with Crippen molar-refractivity contribution in [2.75, 3.05) is 0 Å². The Balaban J connectivity index is 1.54. The molecule has 0 spiro atoms. The SMILES string of the molecule is Cc1ccc2sc(CCC(=O)O)nc2c1OCc1sc(-c2ccc(C(F)(F)F)cc2)nc1C. The van der Waals surface area contributed by atoms with Gasteiger partial charge in [-0.05, 0) is 37.6 Å². The summed E-state index contributed by atoms with van der Waals surface area (Å²) in [6.07, 6.45) is -4.00. The van der Waals surface area contributed by atoms with Crippen LogP contribution in [0.5, 0.6) is 5.75 Å². The summed E-state index contributed by atoms with van der Waals surface area (Å²) in [6, 6.07) is 8.83. The van der Waals surface area contributed by atoms with Crippen molar-refractivity contribution < 1.29 is 27.8 Å². The molecule has 172 valence electrons. The average molecular weight is 493 g/mol. The first-order valence-electron chi connectivity index (χ1n) is 9.99. The van der Waals surface area contributed by atoms with Crippen LogP contribution < -0.4 is 4.74 Å². The highest BCUT2D eigenvalue weighted by Crippen LogP contribution is 2.36. The second-order valence-corrected chi connectivity index (χ2v) is 9.65. The predicted octanol–water partition coefficient (Wildman–Crippen LogP) is 6.65. The molecule has 33 heavy (non-hydrogen) atoms.